The standard InChI is InChI=1S/C12H19N4O2.CH4O3S/c1-17-11-13-10(14-12(15-11)18-2)16-6-3-9(4-7-16)5-8-16;1-5(2,3)4/h9H,3-8H2,1-2H3;1H3,(H,2,3,4)/q+1;/p-1. The van der Waals surface area contributed by atoms with Crippen molar-refractivity contribution in [3.05, 3.63) is 0 Å². The lowest BCUT2D eigenvalue weighted by atomic mass is 9.86. The van der Waals surface area contributed by atoms with E-state index in [0.29, 0.717) is 18.3 Å². The molecular weight excluding hydrogens is 324 g/mol. The Bertz CT molecular complexity index is 600. The zero-order valence-corrected chi connectivity index (χ0v) is 14.4. The summed E-state index contributed by atoms with van der Waals surface area (Å²) in [6.07, 6.45) is 4.43. The zero-order chi connectivity index (χ0) is 17.1. The van der Waals surface area contributed by atoms with Crippen LogP contribution in [0.1, 0.15) is 19.3 Å². The summed E-state index contributed by atoms with van der Waals surface area (Å²) in [4.78, 5) is 12.9. The molecule has 1 aromatic rings. The molecule has 4 heterocycles. The van der Waals surface area contributed by atoms with E-state index in [9.17, 15) is 0 Å². The Hall–Kier alpha value is -1.52. The highest BCUT2D eigenvalue weighted by molar-refractivity contribution is 7.84. The first-order chi connectivity index (χ1) is 10.8. The number of rotatable bonds is 3. The van der Waals surface area contributed by atoms with E-state index in [1.807, 2.05) is 0 Å². The number of methoxy groups -OCH3 is 2. The van der Waals surface area contributed by atoms with Gasteiger partial charge >= 0.3 is 18.0 Å². The molecule has 0 radical (unpaired) electrons. The number of quaternary nitrogens is 1. The summed E-state index contributed by atoms with van der Waals surface area (Å²) in [7, 11) is -0.776. The van der Waals surface area contributed by atoms with Gasteiger partial charge in [-0.05, 0) is 5.92 Å². The van der Waals surface area contributed by atoms with Crippen LogP contribution in [-0.4, -0.2) is 68.0 Å². The highest BCUT2D eigenvalue weighted by Gasteiger charge is 2.44. The Labute approximate surface area is 136 Å². The van der Waals surface area contributed by atoms with E-state index in [2.05, 4.69) is 15.0 Å². The van der Waals surface area contributed by atoms with Crippen LogP contribution in [0.3, 0.4) is 0 Å². The average molecular weight is 346 g/mol. The fourth-order valence-corrected chi connectivity index (χ4v) is 3.08. The smallest absolute Gasteiger partial charge is 0.338 e. The van der Waals surface area contributed by atoms with E-state index in [1.54, 1.807) is 14.2 Å². The SMILES string of the molecule is COc1nc(OC)nc([N+]23CCC(CC2)CC3)n1.CS(=O)(=O)[O-]. The van der Waals surface area contributed by atoms with Crippen molar-refractivity contribution >= 4 is 16.1 Å². The normalized spacial score (nSPS) is 26.2. The van der Waals surface area contributed by atoms with Gasteiger partial charge in [0.15, 0.2) is 0 Å². The van der Waals surface area contributed by atoms with E-state index in [4.69, 9.17) is 22.4 Å². The van der Waals surface area contributed by atoms with Crippen LogP contribution in [0.2, 0.25) is 0 Å². The van der Waals surface area contributed by atoms with Gasteiger partial charge in [0.1, 0.15) is 0 Å². The lowest BCUT2D eigenvalue weighted by Crippen LogP contribution is -2.60. The van der Waals surface area contributed by atoms with Crippen LogP contribution in [0.15, 0.2) is 0 Å². The van der Waals surface area contributed by atoms with Crippen molar-refractivity contribution < 1.29 is 22.4 Å². The van der Waals surface area contributed by atoms with Crippen molar-refractivity contribution in [1.82, 2.24) is 19.4 Å². The van der Waals surface area contributed by atoms with Gasteiger partial charge in [-0.2, -0.15) is 0 Å². The van der Waals surface area contributed by atoms with Gasteiger partial charge in [-0.25, -0.2) is 8.42 Å². The van der Waals surface area contributed by atoms with Gasteiger partial charge in [0, 0.05) is 25.5 Å². The summed E-state index contributed by atoms with van der Waals surface area (Å²) in [5.74, 6) is 1.72. The molecule has 3 fully saturated rings. The van der Waals surface area contributed by atoms with Gasteiger partial charge in [-0.15, -0.1) is 15.0 Å². The molecule has 0 N–H and O–H groups in total. The van der Waals surface area contributed by atoms with Crippen LogP contribution >= 0.6 is 0 Å². The maximum Gasteiger partial charge on any atom is 0.338 e. The Morgan fingerprint density at radius 3 is 1.74 bits per heavy atom. The van der Waals surface area contributed by atoms with Crippen molar-refractivity contribution in [2.24, 2.45) is 5.92 Å². The van der Waals surface area contributed by atoms with E-state index >= 15 is 0 Å². The molecule has 0 amide bonds. The first kappa shape index (κ1) is 17.8. The summed E-state index contributed by atoms with van der Waals surface area (Å²) in [5.41, 5.74) is 0. The van der Waals surface area contributed by atoms with E-state index < -0.39 is 10.1 Å². The minimum Gasteiger partial charge on any atom is -0.748 e. The second-order valence-corrected chi connectivity index (χ2v) is 7.27. The fourth-order valence-electron chi connectivity index (χ4n) is 3.08. The maximum absolute atomic E-state index is 9.08. The highest BCUT2D eigenvalue weighted by atomic mass is 32.2. The van der Waals surface area contributed by atoms with Crippen molar-refractivity contribution in [1.29, 1.82) is 0 Å². The largest absolute Gasteiger partial charge is 0.748 e. The molecule has 0 aliphatic carbocycles. The van der Waals surface area contributed by atoms with Gasteiger partial charge in [0.25, 0.3) is 0 Å². The van der Waals surface area contributed by atoms with Crippen LogP contribution in [-0.2, 0) is 10.1 Å². The highest BCUT2D eigenvalue weighted by Crippen LogP contribution is 2.37. The molecule has 0 spiro atoms. The lowest BCUT2D eigenvalue weighted by Gasteiger charge is -2.46. The summed E-state index contributed by atoms with van der Waals surface area (Å²) in [6.45, 7) is 3.38. The molecule has 3 saturated heterocycles. The number of hydrogen-bond donors (Lipinski definition) is 0. The predicted molar refractivity (Wildman–Crippen MR) is 82.3 cm³/mol. The Morgan fingerprint density at radius 2 is 1.39 bits per heavy atom. The molecular formula is C13H22N4O5S. The van der Waals surface area contributed by atoms with E-state index in [0.717, 1.165) is 36.0 Å². The maximum atomic E-state index is 9.08. The van der Waals surface area contributed by atoms with Crippen molar-refractivity contribution in [2.45, 2.75) is 19.3 Å². The van der Waals surface area contributed by atoms with Gasteiger partial charge < -0.3 is 14.0 Å². The fraction of sp³-hybridized carbons (Fsp3) is 0.769. The molecule has 10 heteroatoms. The van der Waals surface area contributed by atoms with Crippen LogP contribution in [0.4, 0.5) is 5.95 Å². The summed E-state index contributed by atoms with van der Waals surface area (Å²) >= 11 is 0. The van der Waals surface area contributed by atoms with Crippen LogP contribution < -0.4 is 14.0 Å². The Balaban J connectivity index is 0.000000338. The minimum atomic E-state index is -3.92. The third-order valence-corrected chi connectivity index (χ3v) is 4.27. The van der Waals surface area contributed by atoms with Gasteiger partial charge in [-0.1, -0.05) is 0 Å². The Kier molecular flexibility index (Phi) is 5.37. The summed E-state index contributed by atoms with van der Waals surface area (Å²) < 4.78 is 38.4. The molecule has 3 aliphatic heterocycles. The first-order valence-electron chi connectivity index (χ1n) is 7.37. The topological polar surface area (TPSA) is 114 Å². The van der Waals surface area contributed by atoms with E-state index in [-0.39, 0.29) is 0 Å². The number of piperidine rings is 3. The number of aromatic nitrogens is 3. The predicted octanol–water partition coefficient (Wildman–Crippen LogP) is 0.171. The molecule has 130 valence electrons. The number of hydrogen-bond acceptors (Lipinski definition) is 8. The number of ether oxygens (including phenoxy) is 2. The molecule has 3 aliphatic rings. The molecule has 0 aromatic carbocycles. The Morgan fingerprint density at radius 1 is 1.00 bits per heavy atom. The van der Waals surface area contributed by atoms with Crippen molar-refractivity contribution in [3.63, 3.8) is 0 Å². The van der Waals surface area contributed by atoms with Crippen molar-refractivity contribution in [2.75, 3.05) is 40.1 Å². The molecule has 2 bridgehead atoms. The van der Waals surface area contributed by atoms with Gasteiger partial charge in [0.05, 0.1) is 44.0 Å². The number of nitrogens with zero attached hydrogens (tertiary/aromatic N) is 4. The van der Waals surface area contributed by atoms with Crippen LogP contribution in [0.25, 0.3) is 0 Å². The minimum absolute atomic E-state index is 0.344. The molecule has 1 aromatic heterocycles. The second kappa shape index (κ2) is 6.93. The first-order valence-corrected chi connectivity index (χ1v) is 9.19. The van der Waals surface area contributed by atoms with Gasteiger partial charge in [0.2, 0.25) is 0 Å². The number of fused-ring (bicyclic) bond motifs is 3. The zero-order valence-electron chi connectivity index (χ0n) is 13.6. The molecule has 4 rings (SSSR count). The molecule has 23 heavy (non-hydrogen) atoms. The average Bonchev–Trinajstić information content (AvgIpc) is 2.54. The molecule has 0 saturated carbocycles. The molecule has 0 atom stereocenters. The van der Waals surface area contributed by atoms with Crippen molar-refractivity contribution in [3.8, 4) is 12.0 Å². The lowest BCUT2D eigenvalue weighted by molar-refractivity contribution is 0.105. The second-order valence-electron chi connectivity index (χ2n) is 5.86. The molecule has 0 unspecified atom stereocenters. The monoisotopic (exact) mass is 346 g/mol. The third-order valence-electron chi connectivity index (χ3n) is 4.27. The van der Waals surface area contributed by atoms with E-state index in [1.165, 1.54) is 19.3 Å². The quantitative estimate of drug-likeness (QED) is 0.562. The van der Waals surface area contributed by atoms with Crippen LogP contribution in [0, 0.1) is 5.92 Å². The summed E-state index contributed by atoms with van der Waals surface area (Å²) in [6, 6.07) is 0.689. The third kappa shape index (κ3) is 4.72. The van der Waals surface area contributed by atoms with Gasteiger partial charge in [-0.3, -0.25) is 4.48 Å². The summed E-state index contributed by atoms with van der Waals surface area (Å²) in [5, 5.41) is 0. The van der Waals surface area contributed by atoms with Crippen LogP contribution in [0.5, 0.6) is 12.0 Å². The molecule has 9 nitrogen and oxygen atoms in total.